The molecule has 0 radical (unpaired) electrons. The molecule has 1 amide bonds. The summed E-state index contributed by atoms with van der Waals surface area (Å²) in [5, 5.41) is 15.1. The summed E-state index contributed by atoms with van der Waals surface area (Å²) < 4.78 is 5.57. The maximum atomic E-state index is 11.8. The van der Waals surface area contributed by atoms with Gasteiger partial charge in [0.25, 0.3) is 5.91 Å². The minimum Gasteiger partial charge on any atom is -0.478 e. The molecule has 0 bridgehead atoms. The lowest BCUT2D eigenvalue weighted by molar-refractivity contribution is 0.0698. The number of nitrogens with one attached hydrogen (secondary N) is 1. The second-order valence-corrected chi connectivity index (χ2v) is 5.22. The van der Waals surface area contributed by atoms with Crippen molar-refractivity contribution in [3.05, 3.63) is 44.7 Å². The molecule has 1 aromatic heterocycles. The summed E-state index contributed by atoms with van der Waals surface area (Å²) in [5.41, 5.74) is 0.174. The van der Waals surface area contributed by atoms with E-state index in [4.69, 9.17) is 5.11 Å². The lowest BCUT2D eigenvalue weighted by Gasteiger charge is -2.10. The maximum absolute atomic E-state index is 11.8. The van der Waals surface area contributed by atoms with Crippen LogP contribution in [0.25, 0.3) is 0 Å². The number of rotatable bonds is 3. The predicted molar refractivity (Wildman–Crippen MR) is 73.3 cm³/mol. The molecule has 0 aliphatic heterocycles. The molecule has 8 heteroatoms. The van der Waals surface area contributed by atoms with Crippen molar-refractivity contribution in [2.45, 2.75) is 0 Å². The first-order valence-corrected chi connectivity index (χ1v) is 6.51. The van der Waals surface area contributed by atoms with Gasteiger partial charge in [-0.15, -0.1) is 0 Å². The highest BCUT2D eigenvalue weighted by Crippen LogP contribution is 2.31. The van der Waals surface area contributed by atoms with Crippen molar-refractivity contribution in [2.75, 3.05) is 5.32 Å². The summed E-state index contributed by atoms with van der Waals surface area (Å²) in [4.78, 5) is 23.0. The maximum Gasteiger partial charge on any atom is 0.337 e. The largest absolute Gasteiger partial charge is 0.478 e. The van der Waals surface area contributed by atoms with Gasteiger partial charge >= 0.3 is 5.97 Å². The Morgan fingerprint density at radius 3 is 2.63 bits per heavy atom. The highest BCUT2D eigenvalue weighted by atomic mass is 79.9. The van der Waals surface area contributed by atoms with Gasteiger partial charge in [0.05, 0.1) is 11.3 Å². The van der Waals surface area contributed by atoms with E-state index >= 15 is 0 Å². The van der Waals surface area contributed by atoms with Gasteiger partial charge in [-0.1, -0.05) is 21.1 Å². The van der Waals surface area contributed by atoms with Crippen molar-refractivity contribution in [2.24, 2.45) is 0 Å². The number of carboxylic acid groups (broad SMARTS) is 1. The SMILES string of the molecule is O=C(Nc1c(Br)cc(Br)cc1C(=O)O)c1ccon1. The average molecular weight is 390 g/mol. The molecular weight excluding hydrogens is 384 g/mol. The third-order valence-corrected chi connectivity index (χ3v) is 3.28. The number of anilines is 1. The molecule has 6 nitrogen and oxygen atoms in total. The van der Waals surface area contributed by atoms with E-state index < -0.39 is 11.9 Å². The lowest BCUT2D eigenvalue weighted by Crippen LogP contribution is -2.15. The molecule has 19 heavy (non-hydrogen) atoms. The van der Waals surface area contributed by atoms with Crippen LogP contribution in [0.2, 0.25) is 0 Å². The van der Waals surface area contributed by atoms with Gasteiger partial charge in [0.1, 0.15) is 6.26 Å². The number of aromatic carboxylic acids is 1. The van der Waals surface area contributed by atoms with Crippen LogP contribution in [0.5, 0.6) is 0 Å². The second-order valence-electron chi connectivity index (χ2n) is 3.45. The van der Waals surface area contributed by atoms with Crippen LogP contribution in [0.1, 0.15) is 20.8 Å². The zero-order chi connectivity index (χ0) is 14.0. The van der Waals surface area contributed by atoms with Crippen molar-refractivity contribution < 1.29 is 19.2 Å². The van der Waals surface area contributed by atoms with Crippen LogP contribution < -0.4 is 5.32 Å². The Balaban J connectivity index is 2.39. The predicted octanol–water partition coefficient (Wildman–Crippen LogP) is 3.15. The van der Waals surface area contributed by atoms with Gasteiger partial charge in [0, 0.05) is 15.0 Å². The van der Waals surface area contributed by atoms with E-state index in [9.17, 15) is 9.59 Å². The minimum atomic E-state index is -1.16. The van der Waals surface area contributed by atoms with Crippen molar-refractivity contribution in [3.8, 4) is 0 Å². The van der Waals surface area contributed by atoms with Gasteiger partial charge in [-0.3, -0.25) is 4.79 Å². The molecule has 2 rings (SSSR count). The molecule has 0 saturated carbocycles. The molecular formula is C11H6Br2N2O4. The fraction of sp³-hybridized carbons (Fsp3) is 0. The Morgan fingerprint density at radius 1 is 1.32 bits per heavy atom. The van der Waals surface area contributed by atoms with E-state index in [1.54, 1.807) is 6.07 Å². The zero-order valence-corrected chi connectivity index (χ0v) is 12.4. The van der Waals surface area contributed by atoms with Crippen molar-refractivity contribution in [1.82, 2.24) is 5.16 Å². The minimum absolute atomic E-state index is 0.0434. The molecule has 0 atom stereocenters. The Hall–Kier alpha value is -1.67. The number of carbonyl (C=O) groups excluding carboxylic acids is 1. The Bertz CT molecular complexity index is 640. The van der Waals surface area contributed by atoms with E-state index in [1.165, 1.54) is 18.4 Å². The molecule has 1 heterocycles. The van der Waals surface area contributed by atoms with Crippen molar-refractivity contribution in [1.29, 1.82) is 0 Å². The fourth-order valence-electron chi connectivity index (χ4n) is 1.38. The normalized spacial score (nSPS) is 10.2. The van der Waals surface area contributed by atoms with E-state index in [0.29, 0.717) is 8.95 Å². The highest BCUT2D eigenvalue weighted by molar-refractivity contribution is 9.11. The summed E-state index contributed by atoms with van der Waals surface area (Å²) in [7, 11) is 0. The summed E-state index contributed by atoms with van der Waals surface area (Å²) in [6, 6.07) is 4.40. The molecule has 1 aromatic carbocycles. The number of hydrogen-bond acceptors (Lipinski definition) is 4. The number of benzene rings is 1. The fourth-order valence-corrected chi connectivity index (χ4v) is 2.70. The zero-order valence-electron chi connectivity index (χ0n) is 9.18. The number of amides is 1. The van der Waals surface area contributed by atoms with Crippen LogP contribution in [0.15, 0.2) is 37.9 Å². The Kier molecular flexibility index (Phi) is 4.01. The first kappa shape index (κ1) is 13.8. The van der Waals surface area contributed by atoms with E-state index in [2.05, 4.69) is 46.9 Å². The molecule has 0 unspecified atom stereocenters. The highest BCUT2D eigenvalue weighted by Gasteiger charge is 2.18. The molecule has 0 spiro atoms. The van der Waals surface area contributed by atoms with Crippen LogP contribution in [-0.4, -0.2) is 22.1 Å². The second kappa shape index (κ2) is 5.54. The first-order valence-electron chi connectivity index (χ1n) is 4.93. The number of carbonyl (C=O) groups is 2. The van der Waals surface area contributed by atoms with Crippen LogP contribution in [0.3, 0.4) is 0 Å². The average Bonchev–Trinajstić information content (AvgIpc) is 2.85. The number of halogens is 2. The molecule has 0 aliphatic rings. The lowest BCUT2D eigenvalue weighted by atomic mass is 10.1. The summed E-state index contributed by atoms with van der Waals surface area (Å²) in [6.45, 7) is 0. The topological polar surface area (TPSA) is 92.4 Å². The summed E-state index contributed by atoms with van der Waals surface area (Å²) in [6.07, 6.45) is 1.25. The molecule has 0 saturated heterocycles. The van der Waals surface area contributed by atoms with Crippen LogP contribution in [0.4, 0.5) is 5.69 Å². The first-order chi connectivity index (χ1) is 8.99. The van der Waals surface area contributed by atoms with Crippen molar-refractivity contribution >= 4 is 49.4 Å². The van der Waals surface area contributed by atoms with Crippen molar-refractivity contribution in [3.63, 3.8) is 0 Å². The Labute approximate surface area is 124 Å². The molecule has 0 aliphatic carbocycles. The monoisotopic (exact) mass is 388 g/mol. The van der Waals surface area contributed by atoms with E-state index in [0.717, 1.165) is 0 Å². The van der Waals surface area contributed by atoms with Gasteiger partial charge in [-0.2, -0.15) is 0 Å². The standard InChI is InChI=1S/C11H6Br2N2O4/c12-5-3-6(11(17)18)9(7(13)4-5)14-10(16)8-1-2-19-15-8/h1-4H,(H,14,16)(H,17,18). The number of hydrogen-bond donors (Lipinski definition) is 2. The van der Waals surface area contributed by atoms with Gasteiger partial charge in [-0.25, -0.2) is 4.79 Å². The number of nitrogens with zero attached hydrogens (tertiary/aromatic N) is 1. The van der Waals surface area contributed by atoms with Crippen LogP contribution in [-0.2, 0) is 0 Å². The quantitative estimate of drug-likeness (QED) is 0.841. The van der Waals surface area contributed by atoms with Gasteiger partial charge in [-0.05, 0) is 28.1 Å². The molecule has 2 N–H and O–H groups in total. The third kappa shape index (κ3) is 3.02. The third-order valence-electron chi connectivity index (χ3n) is 2.19. The van der Waals surface area contributed by atoms with Gasteiger partial charge in [0.15, 0.2) is 5.69 Å². The summed E-state index contributed by atoms with van der Waals surface area (Å²) in [5.74, 6) is -1.71. The smallest absolute Gasteiger partial charge is 0.337 e. The van der Waals surface area contributed by atoms with E-state index in [1.807, 2.05) is 0 Å². The summed E-state index contributed by atoms with van der Waals surface area (Å²) >= 11 is 6.39. The van der Waals surface area contributed by atoms with E-state index in [-0.39, 0.29) is 16.9 Å². The Morgan fingerprint density at radius 2 is 2.05 bits per heavy atom. The van der Waals surface area contributed by atoms with Crippen LogP contribution in [0, 0.1) is 0 Å². The number of carboxylic acids is 1. The van der Waals surface area contributed by atoms with Gasteiger partial charge in [0.2, 0.25) is 0 Å². The van der Waals surface area contributed by atoms with Gasteiger partial charge < -0.3 is 14.9 Å². The molecule has 2 aromatic rings. The molecule has 98 valence electrons. The van der Waals surface area contributed by atoms with Crippen LogP contribution >= 0.6 is 31.9 Å². The molecule has 0 fully saturated rings. The number of aromatic nitrogens is 1.